The van der Waals surface area contributed by atoms with Crippen LogP contribution in [0, 0.1) is 19.3 Å². The van der Waals surface area contributed by atoms with Crippen molar-refractivity contribution in [2.24, 2.45) is 11.1 Å². The highest BCUT2D eigenvalue weighted by molar-refractivity contribution is 7.11. The van der Waals surface area contributed by atoms with Gasteiger partial charge in [0.05, 0.1) is 22.8 Å². The van der Waals surface area contributed by atoms with Crippen molar-refractivity contribution in [1.82, 2.24) is 10.3 Å². The van der Waals surface area contributed by atoms with Crippen molar-refractivity contribution in [3.05, 3.63) is 15.6 Å². The molecule has 0 saturated heterocycles. The molecule has 5 heteroatoms. The predicted molar refractivity (Wildman–Crippen MR) is 75.6 cm³/mol. The number of carbonyl (C=O) groups is 1. The molecule has 102 valence electrons. The molecule has 0 aromatic carbocycles. The first-order valence-corrected chi connectivity index (χ1v) is 6.94. The lowest BCUT2D eigenvalue weighted by molar-refractivity contribution is -0.125. The Morgan fingerprint density at radius 3 is 2.33 bits per heavy atom. The van der Waals surface area contributed by atoms with E-state index in [0.29, 0.717) is 0 Å². The zero-order valence-corrected chi connectivity index (χ0v) is 12.8. The van der Waals surface area contributed by atoms with Crippen LogP contribution in [0.1, 0.15) is 49.3 Å². The molecule has 0 fully saturated rings. The van der Waals surface area contributed by atoms with Crippen molar-refractivity contribution in [2.75, 3.05) is 0 Å². The number of amides is 1. The molecule has 1 unspecified atom stereocenters. The number of thiazole rings is 1. The molecule has 1 aromatic rings. The molecule has 1 amide bonds. The van der Waals surface area contributed by atoms with Crippen molar-refractivity contribution in [3.8, 4) is 0 Å². The highest BCUT2D eigenvalue weighted by Crippen LogP contribution is 2.25. The third kappa shape index (κ3) is 3.53. The second kappa shape index (κ2) is 5.36. The van der Waals surface area contributed by atoms with Crippen molar-refractivity contribution in [3.63, 3.8) is 0 Å². The van der Waals surface area contributed by atoms with Crippen LogP contribution in [0.4, 0.5) is 0 Å². The summed E-state index contributed by atoms with van der Waals surface area (Å²) in [6.07, 6.45) is 0. The van der Waals surface area contributed by atoms with E-state index in [4.69, 9.17) is 5.73 Å². The van der Waals surface area contributed by atoms with Gasteiger partial charge in [0.15, 0.2) is 0 Å². The topological polar surface area (TPSA) is 68.0 Å². The molecule has 0 aliphatic carbocycles. The van der Waals surface area contributed by atoms with Crippen LogP contribution in [-0.2, 0) is 4.79 Å². The average molecular weight is 269 g/mol. The summed E-state index contributed by atoms with van der Waals surface area (Å²) in [4.78, 5) is 17.5. The van der Waals surface area contributed by atoms with Crippen LogP contribution in [0.3, 0.4) is 0 Å². The molecule has 0 bridgehead atoms. The fourth-order valence-electron chi connectivity index (χ4n) is 1.71. The second-order valence-electron chi connectivity index (χ2n) is 5.76. The summed E-state index contributed by atoms with van der Waals surface area (Å²) in [7, 11) is 0. The van der Waals surface area contributed by atoms with Gasteiger partial charge in [-0.15, -0.1) is 11.3 Å². The van der Waals surface area contributed by atoms with E-state index >= 15 is 0 Å². The Morgan fingerprint density at radius 2 is 1.94 bits per heavy atom. The largest absolute Gasteiger partial charge is 0.347 e. The maximum atomic E-state index is 12.0. The number of nitrogens with zero attached hydrogens (tertiary/aromatic N) is 1. The summed E-state index contributed by atoms with van der Waals surface area (Å²) >= 11 is 1.62. The van der Waals surface area contributed by atoms with Gasteiger partial charge in [-0.3, -0.25) is 4.79 Å². The molecule has 0 aliphatic heterocycles. The maximum absolute atomic E-state index is 12.0. The minimum Gasteiger partial charge on any atom is -0.347 e. The average Bonchev–Trinajstić information content (AvgIpc) is 2.55. The first-order chi connectivity index (χ1) is 8.12. The number of nitrogens with one attached hydrogen (secondary N) is 1. The first kappa shape index (κ1) is 15.1. The first-order valence-electron chi connectivity index (χ1n) is 6.12. The Morgan fingerprint density at radius 1 is 1.39 bits per heavy atom. The molecule has 4 nitrogen and oxygen atoms in total. The molecule has 1 aromatic heterocycles. The van der Waals surface area contributed by atoms with Crippen LogP contribution >= 0.6 is 11.3 Å². The fraction of sp³-hybridized carbons (Fsp3) is 0.692. The standard InChI is InChI=1S/C13H23N3OS/c1-7-10(18-9(3)15-7)8(2)16-12(17)11(14)13(4,5)6/h8,11H,14H2,1-6H3,(H,16,17)/t8?,11-/m1/s1. The minimum atomic E-state index is -0.505. The van der Waals surface area contributed by atoms with E-state index in [1.807, 2.05) is 41.5 Å². The summed E-state index contributed by atoms with van der Waals surface area (Å²) in [5.41, 5.74) is 6.69. The predicted octanol–water partition coefficient (Wildman–Crippen LogP) is 2.31. The van der Waals surface area contributed by atoms with E-state index in [1.54, 1.807) is 11.3 Å². The second-order valence-corrected chi connectivity index (χ2v) is 6.99. The number of aryl methyl sites for hydroxylation is 2. The third-order valence-corrected chi connectivity index (χ3v) is 4.16. The van der Waals surface area contributed by atoms with E-state index in [2.05, 4.69) is 10.3 Å². The molecule has 2 atom stereocenters. The Balaban J connectivity index is 2.74. The third-order valence-electron chi connectivity index (χ3n) is 2.91. The zero-order valence-electron chi connectivity index (χ0n) is 12.0. The lowest BCUT2D eigenvalue weighted by Gasteiger charge is -2.27. The Bertz CT molecular complexity index is 434. The summed E-state index contributed by atoms with van der Waals surface area (Å²) in [6.45, 7) is 11.8. The summed E-state index contributed by atoms with van der Waals surface area (Å²) in [5, 5.41) is 3.98. The number of carbonyl (C=O) groups excluding carboxylic acids is 1. The van der Waals surface area contributed by atoms with Gasteiger partial charge in [0.1, 0.15) is 0 Å². The van der Waals surface area contributed by atoms with Crippen LogP contribution in [-0.4, -0.2) is 16.9 Å². The van der Waals surface area contributed by atoms with Crippen LogP contribution in [0.15, 0.2) is 0 Å². The normalized spacial score (nSPS) is 15.3. The molecule has 0 radical (unpaired) electrons. The monoisotopic (exact) mass is 269 g/mol. The Hall–Kier alpha value is -0.940. The van der Waals surface area contributed by atoms with Gasteiger partial charge in [-0.1, -0.05) is 20.8 Å². The Labute approximate surface area is 113 Å². The van der Waals surface area contributed by atoms with Gasteiger partial charge in [-0.25, -0.2) is 4.98 Å². The molecular formula is C13H23N3OS. The number of hydrogen-bond acceptors (Lipinski definition) is 4. The Kier molecular flexibility index (Phi) is 4.50. The summed E-state index contributed by atoms with van der Waals surface area (Å²) in [5.74, 6) is -0.111. The molecule has 0 spiro atoms. The number of aromatic nitrogens is 1. The van der Waals surface area contributed by atoms with Crippen LogP contribution in [0.5, 0.6) is 0 Å². The van der Waals surface area contributed by atoms with Crippen LogP contribution in [0.2, 0.25) is 0 Å². The highest BCUT2D eigenvalue weighted by Gasteiger charge is 2.28. The van der Waals surface area contributed by atoms with Gasteiger partial charge in [-0.2, -0.15) is 0 Å². The molecule has 1 rings (SSSR count). The number of nitrogens with two attached hydrogens (primary N) is 1. The van der Waals surface area contributed by atoms with Crippen molar-refractivity contribution >= 4 is 17.2 Å². The molecule has 18 heavy (non-hydrogen) atoms. The van der Waals surface area contributed by atoms with E-state index in [-0.39, 0.29) is 17.4 Å². The molecular weight excluding hydrogens is 246 g/mol. The molecule has 0 aliphatic rings. The SMILES string of the molecule is Cc1nc(C)c(C(C)NC(=O)[C@@H](N)C(C)(C)C)s1. The van der Waals surface area contributed by atoms with Gasteiger partial charge in [-0.05, 0) is 26.2 Å². The van der Waals surface area contributed by atoms with Crippen LogP contribution < -0.4 is 11.1 Å². The van der Waals surface area contributed by atoms with Gasteiger partial charge in [0.25, 0.3) is 0 Å². The van der Waals surface area contributed by atoms with Gasteiger partial charge >= 0.3 is 0 Å². The van der Waals surface area contributed by atoms with Crippen molar-refractivity contribution < 1.29 is 4.79 Å². The van der Waals surface area contributed by atoms with E-state index in [1.165, 1.54) is 0 Å². The summed E-state index contributed by atoms with van der Waals surface area (Å²) < 4.78 is 0. The number of rotatable bonds is 3. The van der Waals surface area contributed by atoms with Crippen molar-refractivity contribution in [1.29, 1.82) is 0 Å². The fourth-order valence-corrected chi connectivity index (χ4v) is 2.64. The van der Waals surface area contributed by atoms with E-state index in [9.17, 15) is 4.79 Å². The number of hydrogen-bond donors (Lipinski definition) is 2. The van der Waals surface area contributed by atoms with Gasteiger partial charge in [0, 0.05) is 4.88 Å². The highest BCUT2D eigenvalue weighted by atomic mass is 32.1. The van der Waals surface area contributed by atoms with E-state index < -0.39 is 6.04 Å². The minimum absolute atomic E-state index is 0.0444. The smallest absolute Gasteiger partial charge is 0.237 e. The lowest BCUT2D eigenvalue weighted by atomic mass is 9.87. The lowest BCUT2D eigenvalue weighted by Crippen LogP contribution is -2.49. The van der Waals surface area contributed by atoms with E-state index in [0.717, 1.165) is 15.6 Å². The van der Waals surface area contributed by atoms with Gasteiger partial charge in [0.2, 0.25) is 5.91 Å². The maximum Gasteiger partial charge on any atom is 0.237 e. The van der Waals surface area contributed by atoms with Gasteiger partial charge < -0.3 is 11.1 Å². The van der Waals surface area contributed by atoms with Crippen LogP contribution in [0.25, 0.3) is 0 Å². The molecule has 0 saturated carbocycles. The summed E-state index contributed by atoms with van der Waals surface area (Å²) in [6, 6.07) is -0.550. The zero-order chi connectivity index (χ0) is 14.1. The quantitative estimate of drug-likeness (QED) is 0.884. The molecule has 1 heterocycles. The van der Waals surface area contributed by atoms with Crippen molar-refractivity contribution in [2.45, 2.75) is 53.6 Å². The molecule has 3 N–H and O–H groups in total.